The lowest BCUT2D eigenvalue weighted by Crippen LogP contribution is -2.49. The highest BCUT2D eigenvalue weighted by Gasteiger charge is 2.32. The number of hydrogen-bond acceptors (Lipinski definition) is 7. The van der Waals surface area contributed by atoms with Crippen LogP contribution in [-0.4, -0.2) is 73.3 Å². The molecule has 1 saturated heterocycles. The number of unbranched alkanes of at least 4 members (excludes halogenated alkanes) is 1. The Morgan fingerprint density at radius 1 is 1.00 bits per heavy atom. The molecule has 36 heavy (non-hydrogen) atoms. The van der Waals surface area contributed by atoms with Crippen molar-refractivity contribution in [1.29, 1.82) is 0 Å². The van der Waals surface area contributed by atoms with E-state index < -0.39 is 6.29 Å². The second kappa shape index (κ2) is 11.8. The fourth-order valence-corrected chi connectivity index (χ4v) is 4.83. The van der Waals surface area contributed by atoms with Gasteiger partial charge in [-0.15, -0.1) is 0 Å². The number of hydrogen-bond donors (Lipinski definition) is 1. The molecule has 5 rings (SSSR count). The van der Waals surface area contributed by atoms with Crippen LogP contribution in [0.3, 0.4) is 0 Å². The first-order chi connectivity index (χ1) is 17.7. The standard InChI is InChI=1S/C28H34N2O6/c31-14-4-5-15-33-27-18-23(22-6-2-1-3-7-22)17-26(36-27)28(32)30-12-10-29(11-13-30)19-21-8-9-24-25(16-21)35-20-34-24/h1-3,6-9,16-17,23,27,31H,4-5,10-15,18-20H2/t23-,27+/m1/s1. The normalized spacial score (nSPS) is 21.7. The SMILES string of the molecule is O=C(C1=C[C@@H](c2ccccc2)C[C@@H](OCCCCO)O1)N1CCN(Cc2ccc3c(c2)OCO3)CC1. The molecule has 192 valence electrons. The number of carbonyl (C=O) groups is 1. The molecule has 0 radical (unpaired) electrons. The molecular weight excluding hydrogens is 460 g/mol. The summed E-state index contributed by atoms with van der Waals surface area (Å²) in [6.45, 7) is 4.57. The highest BCUT2D eigenvalue weighted by atomic mass is 16.7. The smallest absolute Gasteiger partial charge is 0.288 e. The Hall–Kier alpha value is -3.07. The summed E-state index contributed by atoms with van der Waals surface area (Å²) in [5.74, 6) is 1.92. The minimum atomic E-state index is -0.481. The zero-order valence-electron chi connectivity index (χ0n) is 20.5. The van der Waals surface area contributed by atoms with Gasteiger partial charge < -0.3 is 29.0 Å². The molecule has 8 heteroatoms. The average Bonchev–Trinajstić information content (AvgIpc) is 3.40. The Balaban J connectivity index is 1.20. The zero-order chi connectivity index (χ0) is 24.7. The Labute approximate surface area is 212 Å². The topological polar surface area (TPSA) is 80.7 Å². The van der Waals surface area contributed by atoms with Crippen LogP contribution in [0.2, 0.25) is 0 Å². The van der Waals surface area contributed by atoms with Gasteiger partial charge in [0.05, 0.1) is 6.61 Å². The first kappa shape index (κ1) is 24.6. The van der Waals surface area contributed by atoms with Gasteiger partial charge in [-0.1, -0.05) is 36.4 Å². The summed E-state index contributed by atoms with van der Waals surface area (Å²) in [6, 6.07) is 16.2. The van der Waals surface area contributed by atoms with Crippen molar-refractivity contribution in [1.82, 2.24) is 9.80 Å². The highest BCUT2D eigenvalue weighted by Crippen LogP contribution is 2.34. The maximum atomic E-state index is 13.4. The van der Waals surface area contributed by atoms with E-state index in [0.29, 0.717) is 38.3 Å². The monoisotopic (exact) mass is 494 g/mol. The van der Waals surface area contributed by atoms with Gasteiger partial charge in [0.15, 0.2) is 17.3 Å². The van der Waals surface area contributed by atoms with Crippen LogP contribution in [0, 0.1) is 0 Å². The number of aliphatic hydroxyl groups is 1. The summed E-state index contributed by atoms with van der Waals surface area (Å²) < 4.78 is 22.9. The number of benzene rings is 2. The molecule has 8 nitrogen and oxygen atoms in total. The van der Waals surface area contributed by atoms with Gasteiger partial charge in [0.2, 0.25) is 13.1 Å². The number of piperazine rings is 1. The lowest BCUT2D eigenvalue weighted by atomic mass is 9.93. The lowest BCUT2D eigenvalue weighted by Gasteiger charge is -2.36. The maximum Gasteiger partial charge on any atom is 0.288 e. The minimum absolute atomic E-state index is 0.0500. The molecule has 0 aliphatic carbocycles. The van der Waals surface area contributed by atoms with Crippen molar-refractivity contribution in [3.8, 4) is 11.5 Å². The number of ether oxygens (including phenoxy) is 4. The predicted molar refractivity (Wildman–Crippen MR) is 133 cm³/mol. The van der Waals surface area contributed by atoms with Gasteiger partial charge in [-0.25, -0.2) is 0 Å². The van der Waals surface area contributed by atoms with E-state index in [4.69, 9.17) is 24.1 Å². The van der Waals surface area contributed by atoms with Crippen LogP contribution in [0.1, 0.15) is 36.3 Å². The highest BCUT2D eigenvalue weighted by molar-refractivity contribution is 5.92. The van der Waals surface area contributed by atoms with Crippen LogP contribution in [0.25, 0.3) is 0 Å². The Morgan fingerprint density at radius 3 is 2.61 bits per heavy atom. The van der Waals surface area contributed by atoms with E-state index in [1.54, 1.807) is 0 Å². The van der Waals surface area contributed by atoms with Crippen molar-refractivity contribution < 1.29 is 28.8 Å². The molecular formula is C28H34N2O6. The van der Waals surface area contributed by atoms with Crippen LogP contribution < -0.4 is 9.47 Å². The van der Waals surface area contributed by atoms with E-state index in [-0.39, 0.29) is 25.2 Å². The summed E-state index contributed by atoms with van der Waals surface area (Å²) >= 11 is 0. The van der Waals surface area contributed by atoms with Crippen molar-refractivity contribution in [3.05, 3.63) is 71.5 Å². The van der Waals surface area contributed by atoms with E-state index in [1.165, 1.54) is 5.56 Å². The van der Waals surface area contributed by atoms with E-state index in [9.17, 15) is 4.79 Å². The minimum Gasteiger partial charge on any atom is -0.459 e. The molecule has 2 aromatic rings. The van der Waals surface area contributed by atoms with Crippen molar-refractivity contribution >= 4 is 5.91 Å². The third kappa shape index (κ3) is 6.00. The van der Waals surface area contributed by atoms with Crippen molar-refractivity contribution in [3.63, 3.8) is 0 Å². The summed E-state index contributed by atoms with van der Waals surface area (Å²) in [5.41, 5.74) is 2.31. The summed E-state index contributed by atoms with van der Waals surface area (Å²) in [4.78, 5) is 17.7. The molecule has 0 spiro atoms. The van der Waals surface area contributed by atoms with Gasteiger partial charge >= 0.3 is 0 Å². The van der Waals surface area contributed by atoms with Gasteiger partial charge in [0.1, 0.15) is 0 Å². The summed E-state index contributed by atoms with van der Waals surface area (Å²) in [7, 11) is 0. The Bertz CT molecular complexity index is 1050. The van der Waals surface area contributed by atoms with E-state index in [1.807, 2.05) is 41.3 Å². The molecule has 3 aliphatic heterocycles. The number of fused-ring (bicyclic) bond motifs is 1. The van der Waals surface area contributed by atoms with E-state index in [2.05, 4.69) is 23.1 Å². The molecule has 1 N–H and O–H groups in total. The molecule has 0 aromatic heterocycles. The number of amides is 1. The van der Waals surface area contributed by atoms with E-state index in [0.717, 1.165) is 43.1 Å². The molecule has 0 bridgehead atoms. The number of allylic oxidation sites excluding steroid dienone is 1. The number of carbonyl (C=O) groups excluding carboxylic acids is 1. The second-order valence-electron chi connectivity index (χ2n) is 9.39. The molecule has 3 heterocycles. The van der Waals surface area contributed by atoms with Crippen LogP contribution in [0.5, 0.6) is 11.5 Å². The van der Waals surface area contributed by atoms with Crippen LogP contribution in [0.4, 0.5) is 0 Å². The molecule has 1 amide bonds. The molecule has 0 unspecified atom stereocenters. The first-order valence-corrected chi connectivity index (χ1v) is 12.8. The maximum absolute atomic E-state index is 13.4. The van der Waals surface area contributed by atoms with E-state index >= 15 is 0 Å². The molecule has 0 saturated carbocycles. The Morgan fingerprint density at radius 2 is 1.81 bits per heavy atom. The molecule has 2 atom stereocenters. The van der Waals surface area contributed by atoms with Crippen LogP contribution in [0.15, 0.2) is 60.4 Å². The van der Waals surface area contributed by atoms with Crippen LogP contribution in [-0.2, 0) is 20.8 Å². The molecule has 1 fully saturated rings. The van der Waals surface area contributed by atoms with Crippen molar-refractivity contribution in [2.45, 2.75) is 38.0 Å². The van der Waals surface area contributed by atoms with Gasteiger partial charge in [-0.2, -0.15) is 0 Å². The fourth-order valence-electron chi connectivity index (χ4n) is 4.83. The van der Waals surface area contributed by atoms with Gasteiger partial charge in [0.25, 0.3) is 5.91 Å². The van der Waals surface area contributed by atoms with Gasteiger partial charge in [-0.05, 0) is 42.2 Å². The number of rotatable bonds is 9. The third-order valence-electron chi connectivity index (χ3n) is 6.85. The predicted octanol–water partition coefficient (Wildman–Crippen LogP) is 3.26. The first-order valence-electron chi connectivity index (χ1n) is 12.8. The number of aliphatic hydroxyl groups excluding tert-OH is 1. The van der Waals surface area contributed by atoms with Gasteiger partial charge in [-0.3, -0.25) is 9.69 Å². The Kier molecular flexibility index (Phi) is 8.05. The summed E-state index contributed by atoms with van der Waals surface area (Å²) in [5, 5.41) is 9.03. The van der Waals surface area contributed by atoms with Crippen molar-refractivity contribution in [2.75, 3.05) is 46.2 Å². The van der Waals surface area contributed by atoms with Crippen LogP contribution >= 0.6 is 0 Å². The molecule has 2 aromatic carbocycles. The summed E-state index contributed by atoms with van der Waals surface area (Å²) in [6.07, 6.45) is 3.57. The lowest BCUT2D eigenvalue weighted by molar-refractivity contribution is -0.154. The number of nitrogens with zero attached hydrogens (tertiary/aromatic N) is 2. The quantitative estimate of drug-likeness (QED) is 0.536. The third-order valence-corrected chi connectivity index (χ3v) is 6.85. The van der Waals surface area contributed by atoms with Crippen molar-refractivity contribution in [2.24, 2.45) is 0 Å². The zero-order valence-corrected chi connectivity index (χ0v) is 20.5. The largest absolute Gasteiger partial charge is 0.459 e. The fraction of sp³-hybridized carbons (Fsp3) is 0.464. The van der Waals surface area contributed by atoms with Gasteiger partial charge in [0, 0.05) is 51.7 Å². The second-order valence-corrected chi connectivity index (χ2v) is 9.39. The average molecular weight is 495 g/mol. The molecule has 3 aliphatic rings.